The number of nitrogens with zero attached hydrogens (tertiary/aromatic N) is 7. The number of ether oxygens (including phenoxy) is 1. The van der Waals surface area contributed by atoms with E-state index >= 15 is 0 Å². The number of nitrogens with one attached hydrogen (secondary N) is 1. The zero-order valence-corrected chi connectivity index (χ0v) is 34.0. The molecule has 5 aliphatic heterocycles. The molecule has 3 aromatic rings. The Bertz CT molecular complexity index is 2440. The second kappa shape index (κ2) is 14.2. The molecule has 14 nitrogen and oxygen atoms in total. The average Bonchev–Trinajstić information content (AvgIpc) is 3.62. The van der Waals surface area contributed by atoms with Crippen molar-refractivity contribution < 1.29 is 28.7 Å². The predicted molar refractivity (Wildman–Crippen MR) is 214 cm³/mol. The fourth-order valence-electron chi connectivity index (χ4n) is 10.5. The Morgan fingerprint density at radius 1 is 0.915 bits per heavy atom. The van der Waals surface area contributed by atoms with Crippen molar-refractivity contribution in [3.63, 3.8) is 0 Å². The zero-order valence-electron chi connectivity index (χ0n) is 33.3. The van der Waals surface area contributed by atoms with Crippen LogP contribution in [0, 0.1) is 39.9 Å². The highest BCUT2D eigenvalue weighted by Gasteiger charge is 2.67. The van der Waals surface area contributed by atoms with E-state index in [1.165, 1.54) is 0 Å². The molecule has 302 valence electrons. The molecule has 1 atom stereocenters. The lowest BCUT2D eigenvalue weighted by Gasteiger charge is -2.65. The molecule has 59 heavy (non-hydrogen) atoms. The highest BCUT2D eigenvalue weighted by atomic mass is 35.5. The van der Waals surface area contributed by atoms with Crippen LogP contribution in [0.5, 0.6) is 5.75 Å². The van der Waals surface area contributed by atoms with Crippen LogP contribution in [0.1, 0.15) is 102 Å². The molecule has 3 saturated heterocycles. The number of rotatable bonds is 6. The third-order valence-electron chi connectivity index (χ3n) is 13.1. The molecule has 0 radical (unpaired) electrons. The third-order valence-corrected chi connectivity index (χ3v) is 13.4. The largest absolute Gasteiger partial charge is 0.489 e. The maximum atomic E-state index is 13.7. The lowest BCUT2D eigenvalue weighted by Crippen LogP contribution is -2.74. The van der Waals surface area contributed by atoms with E-state index in [9.17, 15) is 29.2 Å². The Hall–Kier alpha value is -5.83. The summed E-state index contributed by atoms with van der Waals surface area (Å²) < 4.78 is 6.44. The summed E-state index contributed by atoms with van der Waals surface area (Å²) >= 11 is 6.28. The van der Waals surface area contributed by atoms with Gasteiger partial charge in [-0.05, 0) is 68.6 Å². The van der Waals surface area contributed by atoms with Gasteiger partial charge in [-0.25, -0.2) is 9.97 Å². The van der Waals surface area contributed by atoms with Crippen molar-refractivity contribution in [2.45, 2.75) is 84.2 Å². The summed E-state index contributed by atoms with van der Waals surface area (Å²) in [5, 5.41) is 11.8. The number of carbonyl (C=O) groups is 5. The van der Waals surface area contributed by atoms with E-state index in [2.05, 4.69) is 65.7 Å². The summed E-state index contributed by atoms with van der Waals surface area (Å²) in [6, 6.07) is 11.6. The molecule has 1 aliphatic carbocycles. The Kier molecular flexibility index (Phi) is 9.29. The Morgan fingerprint density at radius 3 is 2.34 bits per heavy atom. The first-order chi connectivity index (χ1) is 28.1. The van der Waals surface area contributed by atoms with E-state index in [0.29, 0.717) is 46.0 Å². The summed E-state index contributed by atoms with van der Waals surface area (Å²) in [6.45, 7) is 12.2. The number of piperidine rings is 2. The van der Waals surface area contributed by atoms with Crippen LogP contribution < -0.4 is 15.0 Å². The molecular formula is C44H43ClN8O6. The summed E-state index contributed by atoms with van der Waals surface area (Å²) in [5.41, 5.74) is 2.56. The summed E-state index contributed by atoms with van der Waals surface area (Å²) in [4.78, 5) is 81.0. The second-order valence-electron chi connectivity index (χ2n) is 17.6. The predicted octanol–water partition coefficient (Wildman–Crippen LogP) is 4.19. The second-order valence-corrected chi connectivity index (χ2v) is 18.0. The van der Waals surface area contributed by atoms with Gasteiger partial charge in [0.15, 0.2) is 5.69 Å². The molecule has 5 amide bonds. The lowest BCUT2D eigenvalue weighted by atomic mass is 9.49. The molecule has 1 unspecified atom stereocenters. The quantitative estimate of drug-likeness (QED) is 0.280. The Balaban J connectivity index is 0.777. The van der Waals surface area contributed by atoms with Gasteiger partial charge in [0.2, 0.25) is 11.8 Å². The fraction of sp³-hybridized carbons (Fsp3) is 0.455. The first-order valence-electron chi connectivity index (χ1n) is 20.0. The van der Waals surface area contributed by atoms with Gasteiger partial charge in [-0.1, -0.05) is 45.2 Å². The maximum absolute atomic E-state index is 13.7. The molecule has 1 N–H and O–H groups in total. The number of nitriles is 1. The van der Waals surface area contributed by atoms with Crippen LogP contribution in [-0.2, 0) is 16.1 Å². The van der Waals surface area contributed by atoms with E-state index in [0.717, 1.165) is 49.6 Å². The molecule has 4 fully saturated rings. The first-order valence-corrected chi connectivity index (χ1v) is 20.4. The highest BCUT2D eigenvalue weighted by molar-refractivity contribution is 6.31. The van der Waals surface area contributed by atoms with E-state index in [4.69, 9.17) is 21.3 Å². The standard InChI is InChI=1S/C44H43ClN8O6/c1-43(2)41(44(3,4)42(43)59-29-9-6-25(19-46)32(45)18-29)52-23-33-36(40(52)58)47-20-26(48-33)7-5-24-13-15-50(16-14-24)28-21-51(22-28)27-8-10-30-31(17-27)39(57)53(38(30)56)34-11-12-35(54)49-37(34)55/h6,8-10,17-18,20,24,28,34,41-42H,11-16,21-23H2,1-4H3,(H,49,54,55)/t34?,41-,42-. The molecule has 9 rings (SSSR count). The van der Waals surface area contributed by atoms with Crippen LogP contribution in [0.3, 0.4) is 0 Å². The fourth-order valence-corrected chi connectivity index (χ4v) is 10.7. The number of carbonyl (C=O) groups excluding carboxylic acids is 5. The van der Waals surface area contributed by atoms with Crippen LogP contribution >= 0.6 is 11.6 Å². The van der Waals surface area contributed by atoms with Gasteiger partial charge in [0, 0.05) is 60.1 Å². The van der Waals surface area contributed by atoms with Crippen molar-refractivity contribution >= 4 is 46.8 Å². The Morgan fingerprint density at radius 2 is 1.64 bits per heavy atom. The van der Waals surface area contributed by atoms with Gasteiger partial charge < -0.3 is 14.5 Å². The Labute approximate surface area is 346 Å². The van der Waals surface area contributed by atoms with Crippen LogP contribution in [0.25, 0.3) is 0 Å². The van der Waals surface area contributed by atoms with Gasteiger partial charge in [0.05, 0.1) is 40.1 Å². The van der Waals surface area contributed by atoms with Crippen molar-refractivity contribution in [2.24, 2.45) is 16.7 Å². The van der Waals surface area contributed by atoms with E-state index < -0.39 is 40.5 Å². The number of imide groups is 2. The molecule has 0 bridgehead atoms. The van der Waals surface area contributed by atoms with E-state index in [1.54, 1.807) is 36.5 Å². The maximum Gasteiger partial charge on any atom is 0.275 e. The van der Waals surface area contributed by atoms with Crippen LogP contribution in [0.4, 0.5) is 5.69 Å². The van der Waals surface area contributed by atoms with Crippen LogP contribution in [0.15, 0.2) is 42.6 Å². The van der Waals surface area contributed by atoms with Crippen LogP contribution in [0.2, 0.25) is 5.02 Å². The number of amides is 5. The van der Waals surface area contributed by atoms with E-state index in [1.807, 2.05) is 11.0 Å². The first kappa shape index (κ1) is 38.7. The van der Waals surface area contributed by atoms with Gasteiger partial charge in [-0.3, -0.25) is 39.1 Å². The van der Waals surface area contributed by atoms with Gasteiger partial charge in [0.1, 0.15) is 29.7 Å². The number of aromatic nitrogens is 2. The van der Waals surface area contributed by atoms with Crippen molar-refractivity contribution in [2.75, 3.05) is 31.1 Å². The molecule has 0 spiro atoms. The summed E-state index contributed by atoms with van der Waals surface area (Å²) in [6.07, 6.45) is 3.42. The summed E-state index contributed by atoms with van der Waals surface area (Å²) in [7, 11) is 0. The SMILES string of the molecule is CC1(C)[C@H](Oc2ccc(C#N)c(Cl)c2)C(C)(C)[C@H]1N1Cc2nc(C#CC3CCN(C4CN(c5ccc6c(c5)C(=O)N(C5CCC(=O)NC5=O)C6=O)C4)CC3)cnc2C1=O. The topological polar surface area (TPSA) is 169 Å². The van der Waals surface area contributed by atoms with Gasteiger partial charge in [-0.15, -0.1) is 0 Å². The number of fused-ring (bicyclic) bond motifs is 2. The minimum Gasteiger partial charge on any atom is -0.489 e. The number of halogens is 1. The smallest absolute Gasteiger partial charge is 0.275 e. The zero-order chi connectivity index (χ0) is 41.5. The molecule has 6 aliphatic rings. The van der Waals surface area contributed by atoms with Crippen molar-refractivity contribution in [3.8, 4) is 23.7 Å². The molecule has 15 heteroatoms. The van der Waals surface area contributed by atoms with Gasteiger partial charge in [-0.2, -0.15) is 5.26 Å². The number of benzene rings is 2. The third kappa shape index (κ3) is 6.41. The van der Waals surface area contributed by atoms with Crippen molar-refractivity contribution in [3.05, 3.63) is 81.4 Å². The van der Waals surface area contributed by atoms with Gasteiger partial charge >= 0.3 is 0 Å². The number of hydrogen-bond acceptors (Lipinski definition) is 11. The van der Waals surface area contributed by atoms with Gasteiger partial charge in [0.25, 0.3) is 17.7 Å². The molecule has 1 saturated carbocycles. The number of anilines is 1. The summed E-state index contributed by atoms with van der Waals surface area (Å²) in [5.74, 6) is 5.28. The number of hydrogen-bond donors (Lipinski definition) is 1. The number of likely N-dealkylation sites (tertiary alicyclic amines) is 1. The molecule has 2 aromatic carbocycles. The normalized spacial score (nSPS) is 25.1. The molecule has 6 heterocycles. The van der Waals surface area contributed by atoms with Crippen LogP contribution in [-0.4, -0.2) is 105 Å². The van der Waals surface area contributed by atoms with E-state index in [-0.39, 0.29) is 47.9 Å². The molecule has 1 aromatic heterocycles. The van der Waals surface area contributed by atoms with Crippen molar-refractivity contribution in [1.82, 2.24) is 30.0 Å². The van der Waals surface area contributed by atoms with Crippen molar-refractivity contribution in [1.29, 1.82) is 5.26 Å². The lowest BCUT2D eigenvalue weighted by molar-refractivity contribution is -0.199. The molecular weight excluding hydrogens is 772 g/mol. The monoisotopic (exact) mass is 814 g/mol. The highest BCUT2D eigenvalue weighted by Crippen LogP contribution is 2.59. The minimum absolute atomic E-state index is 0.0812. The minimum atomic E-state index is -0.986. The average molecular weight is 815 g/mol.